The van der Waals surface area contributed by atoms with E-state index in [2.05, 4.69) is 14.9 Å². The molecule has 0 aliphatic carbocycles. The summed E-state index contributed by atoms with van der Waals surface area (Å²) in [5.74, 6) is -1.38. The number of aromatic nitrogens is 2. The SMILES string of the molecule is COCC(C)CNS(=O)(=O)c1[nH]ncc1C(=O)O. The fourth-order valence-corrected chi connectivity index (χ4v) is 2.55. The van der Waals surface area contributed by atoms with Crippen LogP contribution in [0.5, 0.6) is 0 Å². The first-order valence-electron chi connectivity index (χ1n) is 5.13. The standard InChI is InChI=1S/C9H15N3O5S/c1-6(5-17-2)3-11-18(15,16)8-7(9(13)14)4-10-12-8/h4,6,11H,3,5H2,1-2H3,(H,10,12)(H,13,14). The number of rotatable bonds is 7. The van der Waals surface area contributed by atoms with Gasteiger partial charge in [0, 0.05) is 20.3 Å². The number of hydrogen-bond acceptors (Lipinski definition) is 5. The van der Waals surface area contributed by atoms with Gasteiger partial charge in [-0.25, -0.2) is 17.9 Å². The number of aromatic amines is 1. The highest BCUT2D eigenvalue weighted by atomic mass is 32.2. The van der Waals surface area contributed by atoms with E-state index in [1.165, 1.54) is 7.11 Å². The second kappa shape index (κ2) is 5.94. The molecule has 0 radical (unpaired) electrons. The largest absolute Gasteiger partial charge is 0.478 e. The van der Waals surface area contributed by atoms with E-state index < -0.39 is 21.0 Å². The number of hydrogen-bond donors (Lipinski definition) is 3. The van der Waals surface area contributed by atoms with Gasteiger partial charge in [0.15, 0.2) is 5.03 Å². The highest BCUT2D eigenvalue weighted by molar-refractivity contribution is 7.89. The van der Waals surface area contributed by atoms with Crippen molar-refractivity contribution in [3.05, 3.63) is 11.8 Å². The first kappa shape index (κ1) is 14.6. The summed E-state index contributed by atoms with van der Waals surface area (Å²) in [4.78, 5) is 10.8. The Labute approximate surface area is 104 Å². The summed E-state index contributed by atoms with van der Waals surface area (Å²) in [7, 11) is -2.39. The highest BCUT2D eigenvalue weighted by Gasteiger charge is 2.24. The molecule has 3 N–H and O–H groups in total. The summed E-state index contributed by atoms with van der Waals surface area (Å²) < 4.78 is 30.9. The van der Waals surface area contributed by atoms with Gasteiger partial charge in [0.25, 0.3) is 10.0 Å². The minimum absolute atomic E-state index is 0.0269. The molecule has 1 heterocycles. The maximum absolute atomic E-state index is 11.8. The monoisotopic (exact) mass is 277 g/mol. The number of methoxy groups -OCH3 is 1. The third-order valence-corrected chi connectivity index (χ3v) is 3.57. The zero-order valence-electron chi connectivity index (χ0n) is 10.0. The van der Waals surface area contributed by atoms with Gasteiger partial charge in [0.2, 0.25) is 0 Å². The van der Waals surface area contributed by atoms with Crippen molar-refractivity contribution in [2.45, 2.75) is 11.9 Å². The zero-order valence-corrected chi connectivity index (χ0v) is 10.8. The first-order valence-corrected chi connectivity index (χ1v) is 6.62. The smallest absolute Gasteiger partial charge is 0.340 e. The molecule has 0 fully saturated rings. The Hall–Kier alpha value is -1.45. The summed E-state index contributed by atoms with van der Waals surface area (Å²) in [6, 6.07) is 0. The molecular formula is C9H15N3O5S. The van der Waals surface area contributed by atoms with Crippen LogP contribution in [0.1, 0.15) is 17.3 Å². The molecule has 1 rings (SSSR count). The lowest BCUT2D eigenvalue weighted by molar-refractivity contribution is 0.0692. The number of carboxylic acid groups (broad SMARTS) is 1. The lowest BCUT2D eigenvalue weighted by Crippen LogP contribution is -2.31. The molecule has 0 spiro atoms. The molecule has 102 valence electrons. The lowest BCUT2D eigenvalue weighted by Gasteiger charge is -2.11. The molecule has 1 unspecified atom stereocenters. The summed E-state index contributed by atoms with van der Waals surface area (Å²) in [6.07, 6.45) is 0.954. The fraction of sp³-hybridized carbons (Fsp3) is 0.556. The van der Waals surface area contributed by atoms with Crippen LogP contribution in [0.3, 0.4) is 0 Å². The van der Waals surface area contributed by atoms with Crippen LogP contribution in [0.25, 0.3) is 0 Å². The van der Waals surface area contributed by atoms with Gasteiger partial charge >= 0.3 is 5.97 Å². The molecule has 1 aromatic heterocycles. The van der Waals surface area contributed by atoms with Crippen molar-refractivity contribution in [2.75, 3.05) is 20.3 Å². The fourth-order valence-electron chi connectivity index (χ4n) is 1.30. The third kappa shape index (κ3) is 3.52. The minimum atomic E-state index is -3.91. The van der Waals surface area contributed by atoms with Crippen molar-refractivity contribution in [1.82, 2.24) is 14.9 Å². The molecule has 8 nitrogen and oxygen atoms in total. The van der Waals surface area contributed by atoms with Crippen molar-refractivity contribution >= 4 is 16.0 Å². The predicted octanol–water partition coefficient (Wildman–Crippen LogP) is -0.331. The van der Waals surface area contributed by atoms with E-state index in [0.717, 1.165) is 6.20 Å². The van der Waals surface area contributed by atoms with Gasteiger partial charge in [0.05, 0.1) is 6.20 Å². The van der Waals surface area contributed by atoms with Crippen LogP contribution >= 0.6 is 0 Å². The summed E-state index contributed by atoms with van der Waals surface area (Å²) >= 11 is 0. The van der Waals surface area contributed by atoms with Crippen LogP contribution in [0, 0.1) is 5.92 Å². The van der Waals surface area contributed by atoms with E-state index in [4.69, 9.17) is 9.84 Å². The van der Waals surface area contributed by atoms with E-state index in [1.807, 2.05) is 0 Å². The molecule has 0 aliphatic heterocycles. The first-order chi connectivity index (χ1) is 8.38. The Morgan fingerprint density at radius 3 is 2.89 bits per heavy atom. The van der Waals surface area contributed by atoms with Crippen LogP contribution < -0.4 is 4.72 Å². The van der Waals surface area contributed by atoms with Gasteiger partial charge in [-0.05, 0) is 5.92 Å². The lowest BCUT2D eigenvalue weighted by atomic mass is 10.2. The minimum Gasteiger partial charge on any atom is -0.478 e. The Morgan fingerprint density at radius 2 is 2.33 bits per heavy atom. The number of nitrogens with zero attached hydrogens (tertiary/aromatic N) is 1. The average Bonchev–Trinajstić information content (AvgIpc) is 2.76. The van der Waals surface area contributed by atoms with Crippen molar-refractivity contribution in [3.8, 4) is 0 Å². The second-order valence-electron chi connectivity index (χ2n) is 3.83. The van der Waals surface area contributed by atoms with Crippen LogP contribution in [0.2, 0.25) is 0 Å². The zero-order chi connectivity index (χ0) is 13.8. The molecule has 18 heavy (non-hydrogen) atoms. The maximum atomic E-state index is 11.8. The van der Waals surface area contributed by atoms with E-state index in [9.17, 15) is 13.2 Å². The van der Waals surface area contributed by atoms with Crippen LogP contribution in [-0.2, 0) is 14.8 Å². The number of sulfonamides is 1. The third-order valence-electron chi connectivity index (χ3n) is 2.18. The Balaban J connectivity index is 2.80. The molecule has 9 heteroatoms. The molecule has 0 amide bonds. The number of H-pyrrole nitrogens is 1. The molecule has 1 aromatic rings. The molecule has 0 saturated heterocycles. The normalized spacial score (nSPS) is 13.4. The number of aromatic carboxylic acids is 1. The van der Waals surface area contributed by atoms with Gasteiger partial charge < -0.3 is 9.84 Å². The van der Waals surface area contributed by atoms with Crippen LogP contribution in [0.4, 0.5) is 0 Å². The number of carbonyl (C=O) groups is 1. The van der Waals surface area contributed by atoms with Gasteiger partial charge in [-0.15, -0.1) is 0 Å². The molecular weight excluding hydrogens is 262 g/mol. The average molecular weight is 277 g/mol. The van der Waals surface area contributed by atoms with Crippen molar-refractivity contribution in [3.63, 3.8) is 0 Å². The van der Waals surface area contributed by atoms with Crippen LogP contribution in [-0.4, -0.2) is 50.0 Å². The molecule has 0 aliphatic rings. The molecule has 1 atom stereocenters. The topological polar surface area (TPSA) is 121 Å². The number of ether oxygens (including phenoxy) is 1. The van der Waals surface area contributed by atoms with Crippen LogP contribution in [0.15, 0.2) is 11.2 Å². The number of carboxylic acids is 1. The van der Waals surface area contributed by atoms with Gasteiger partial charge in [0.1, 0.15) is 5.56 Å². The van der Waals surface area contributed by atoms with Crippen molar-refractivity contribution in [2.24, 2.45) is 5.92 Å². The highest BCUT2D eigenvalue weighted by Crippen LogP contribution is 2.11. The maximum Gasteiger partial charge on any atom is 0.340 e. The molecule has 0 saturated carbocycles. The number of nitrogens with one attached hydrogen (secondary N) is 2. The molecule has 0 aromatic carbocycles. The molecule has 0 bridgehead atoms. The summed E-state index contributed by atoms with van der Waals surface area (Å²) in [5.41, 5.74) is -0.387. The van der Waals surface area contributed by atoms with E-state index in [1.54, 1.807) is 6.92 Å². The van der Waals surface area contributed by atoms with Gasteiger partial charge in [-0.3, -0.25) is 5.10 Å². The van der Waals surface area contributed by atoms with E-state index in [0.29, 0.717) is 6.61 Å². The van der Waals surface area contributed by atoms with Gasteiger partial charge in [-0.2, -0.15) is 5.10 Å². The predicted molar refractivity (Wildman–Crippen MR) is 61.8 cm³/mol. The van der Waals surface area contributed by atoms with E-state index >= 15 is 0 Å². The Morgan fingerprint density at radius 1 is 1.67 bits per heavy atom. The summed E-state index contributed by atoms with van der Waals surface area (Å²) in [6.45, 7) is 2.35. The second-order valence-corrected chi connectivity index (χ2v) is 5.53. The Bertz CT molecular complexity index is 510. The quantitative estimate of drug-likeness (QED) is 0.627. The Kier molecular flexibility index (Phi) is 4.82. The summed E-state index contributed by atoms with van der Waals surface area (Å²) in [5, 5.41) is 14.0. The van der Waals surface area contributed by atoms with Gasteiger partial charge in [-0.1, -0.05) is 6.92 Å². The van der Waals surface area contributed by atoms with E-state index in [-0.39, 0.29) is 18.0 Å². The van der Waals surface area contributed by atoms with Crippen molar-refractivity contribution in [1.29, 1.82) is 0 Å². The van der Waals surface area contributed by atoms with Crippen molar-refractivity contribution < 1.29 is 23.1 Å².